The first-order valence-electron chi connectivity index (χ1n) is 9.20. The Morgan fingerprint density at radius 1 is 1.31 bits per heavy atom. The van der Waals surface area contributed by atoms with Crippen molar-refractivity contribution in [3.63, 3.8) is 0 Å². The highest BCUT2D eigenvalue weighted by atomic mass is 32.1. The van der Waals surface area contributed by atoms with Crippen LogP contribution in [-0.4, -0.2) is 31.1 Å². The summed E-state index contributed by atoms with van der Waals surface area (Å²) < 4.78 is 3.41. The third-order valence-electron chi connectivity index (χ3n) is 5.07. The normalized spacial score (nSPS) is 15.9. The van der Waals surface area contributed by atoms with Crippen molar-refractivity contribution in [2.75, 3.05) is 10.6 Å². The largest absolute Gasteiger partial charge is 0.321 e. The van der Waals surface area contributed by atoms with Crippen molar-refractivity contribution >= 4 is 45.8 Å². The number of imidazole rings is 1. The number of rotatable bonds is 4. The topological polar surface area (TPSA) is 93.8 Å². The van der Waals surface area contributed by atoms with Crippen molar-refractivity contribution in [2.24, 2.45) is 7.05 Å². The Morgan fingerprint density at radius 2 is 2.17 bits per heavy atom. The highest BCUT2D eigenvalue weighted by molar-refractivity contribution is 7.10. The van der Waals surface area contributed by atoms with Gasteiger partial charge < -0.3 is 15.2 Å². The fourth-order valence-electron chi connectivity index (χ4n) is 3.78. The van der Waals surface area contributed by atoms with Crippen LogP contribution in [0.4, 0.5) is 11.6 Å². The van der Waals surface area contributed by atoms with E-state index in [9.17, 15) is 9.59 Å². The summed E-state index contributed by atoms with van der Waals surface area (Å²) in [7, 11) is 1.76. The van der Waals surface area contributed by atoms with E-state index in [2.05, 4.69) is 20.7 Å². The Kier molecular flexibility index (Phi) is 4.17. The predicted octanol–water partition coefficient (Wildman–Crippen LogP) is 2.94. The summed E-state index contributed by atoms with van der Waals surface area (Å²) in [6.07, 6.45) is 1.99. The first-order valence-corrected chi connectivity index (χ1v) is 10.1. The standard InChI is InChI=1S/C20H18N6O2S/c1-25-20-18(12(9-16(27)23-20)15-7-4-8-29-15)19(24-25)22-17(28)10-26-11-21-13-5-2-3-6-14(13)26/h2-8,11-12H,9-10H2,1H3,(H,23,27)(H,22,24,28)/t12-/m1/s1. The van der Waals surface area contributed by atoms with Crippen LogP contribution in [0.25, 0.3) is 11.0 Å². The molecule has 29 heavy (non-hydrogen) atoms. The van der Waals surface area contributed by atoms with Crippen molar-refractivity contribution < 1.29 is 9.59 Å². The van der Waals surface area contributed by atoms with E-state index in [1.165, 1.54) is 0 Å². The number of benzene rings is 1. The van der Waals surface area contributed by atoms with Gasteiger partial charge in [0, 0.05) is 29.8 Å². The SMILES string of the molecule is Cn1nc(NC(=O)Cn2cnc3ccccc32)c2c1NC(=O)C[C@@H]2c1cccs1. The number of carbonyl (C=O) groups excluding carboxylic acids is 2. The molecule has 0 aliphatic carbocycles. The molecule has 1 atom stereocenters. The Hall–Kier alpha value is -3.46. The Balaban J connectivity index is 1.45. The minimum atomic E-state index is -0.198. The highest BCUT2D eigenvalue weighted by Crippen LogP contribution is 2.42. The maximum Gasteiger partial charge on any atom is 0.245 e. The summed E-state index contributed by atoms with van der Waals surface area (Å²) in [5.74, 6) is 0.729. The molecule has 3 aromatic heterocycles. The Morgan fingerprint density at radius 3 is 3.00 bits per heavy atom. The maximum atomic E-state index is 12.8. The van der Waals surface area contributed by atoms with Crippen molar-refractivity contribution in [3.05, 3.63) is 58.5 Å². The summed E-state index contributed by atoms with van der Waals surface area (Å²) in [6.45, 7) is 0.127. The lowest BCUT2D eigenvalue weighted by atomic mass is 9.92. The van der Waals surface area contributed by atoms with Crippen LogP contribution >= 0.6 is 11.3 Å². The van der Waals surface area contributed by atoms with Crippen molar-refractivity contribution in [3.8, 4) is 0 Å². The van der Waals surface area contributed by atoms with Crippen LogP contribution in [0.15, 0.2) is 48.1 Å². The molecule has 9 heteroatoms. The number of hydrogen-bond donors (Lipinski definition) is 2. The maximum absolute atomic E-state index is 12.8. The van der Waals surface area contributed by atoms with E-state index >= 15 is 0 Å². The third-order valence-corrected chi connectivity index (χ3v) is 6.05. The Labute approximate surface area is 170 Å². The Bertz CT molecular complexity index is 1220. The summed E-state index contributed by atoms with van der Waals surface area (Å²) in [4.78, 5) is 30.4. The van der Waals surface area contributed by atoms with Crippen LogP contribution in [0.5, 0.6) is 0 Å². The molecule has 0 saturated heterocycles. The van der Waals surface area contributed by atoms with Gasteiger partial charge in [-0.15, -0.1) is 11.3 Å². The average molecular weight is 406 g/mol. The fraction of sp³-hybridized carbons (Fsp3) is 0.200. The molecule has 5 rings (SSSR count). The van der Waals surface area contributed by atoms with Gasteiger partial charge in [0.15, 0.2) is 5.82 Å². The van der Waals surface area contributed by atoms with E-state index in [0.29, 0.717) is 18.1 Å². The number of carbonyl (C=O) groups is 2. The van der Waals surface area contributed by atoms with Crippen molar-refractivity contribution in [1.29, 1.82) is 0 Å². The van der Waals surface area contributed by atoms with E-state index < -0.39 is 0 Å². The lowest BCUT2D eigenvalue weighted by Crippen LogP contribution is -2.25. The first kappa shape index (κ1) is 17.6. The van der Waals surface area contributed by atoms with Gasteiger partial charge in [-0.05, 0) is 23.6 Å². The number of aryl methyl sites for hydroxylation is 1. The van der Waals surface area contributed by atoms with Gasteiger partial charge in [-0.3, -0.25) is 14.3 Å². The molecule has 0 unspecified atom stereocenters. The van der Waals surface area contributed by atoms with Gasteiger partial charge in [0.05, 0.1) is 17.4 Å². The molecule has 4 aromatic rings. The van der Waals surface area contributed by atoms with E-state index in [0.717, 1.165) is 21.5 Å². The molecular formula is C20H18N6O2S. The second-order valence-corrected chi connectivity index (χ2v) is 7.94. The highest BCUT2D eigenvalue weighted by Gasteiger charge is 2.34. The molecule has 0 fully saturated rings. The van der Waals surface area contributed by atoms with E-state index in [1.807, 2.05) is 41.8 Å². The molecule has 0 radical (unpaired) electrons. The van der Waals surface area contributed by atoms with Gasteiger partial charge in [0.1, 0.15) is 12.4 Å². The van der Waals surface area contributed by atoms with Crippen molar-refractivity contribution in [2.45, 2.75) is 18.9 Å². The van der Waals surface area contributed by atoms with Gasteiger partial charge >= 0.3 is 0 Å². The molecule has 0 saturated carbocycles. The molecule has 0 spiro atoms. The number of fused-ring (bicyclic) bond motifs is 2. The number of para-hydroxylation sites is 2. The molecular weight excluding hydrogens is 388 g/mol. The number of anilines is 2. The number of thiophene rings is 1. The van der Waals surface area contributed by atoms with Gasteiger partial charge in [-0.2, -0.15) is 5.10 Å². The lowest BCUT2D eigenvalue weighted by molar-refractivity contribution is -0.117. The van der Waals surface area contributed by atoms with Crippen LogP contribution in [0.2, 0.25) is 0 Å². The predicted molar refractivity (Wildman–Crippen MR) is 111 cm³/mol. The molecule has 0 bridgehead atoms. The second kappa shape index (κ2) is 6.85. The zero-order valence-electron chi connectivity index (χ0n) is 15.6. The van der Waals surface area contributed by atoms with E-state index in [4.69, 9.17) is 0 Å². The zero-order valence-corrected chi connectivity index (χ0v) is 16.4. The molecule has 1 aliphatic heterocycles. The number of hydrogen-bond acceptors (Lipinski definition) is 5. The summed E-state index contributed by atoms with van der Waals surface area (Å²) in [5, 5.41) is 12.3. The van der Waals surface area contributed by atoms with Crippen molar-refractivity contribution in [1.82, 2.24) is 19.3 Å². The first-order chi connectivity index (χ1) is 14.1. The van der Waals surface area contributed by atoms with Gasteiger partial charge in [-0.1, -0.05) is 18.2 Å². The van der Waals surface area contributed by atoms with Crippen LogP contribution < -0.4 is 10.6 Å². The molecule has 1 aromatic carbocycles. The minimum absolute atomic E-state index is 0.0540. The second-order valence-electron chi connectivity index (χ2n) is 6.96. The van der Waals surface area contributed by atoms with E-state index in [1.54, 1.807) is 34.0 Å². The van der Waals surface area contributed by atoms with Crippen LogP contribution in [0.1, 0.15) is 22.8 Å². The third kappa shape index (κ3) is 3.09. The molecule has 4 heterocycles. The van der Waals surface area contributed by atoms with Gasteiger partial charge in [-0.25, -0.2) is 4.98 Å². The molecule has 1 aliphatic rings. The molecule has 8 nitrogen and oxygen atoms in total. The van der Waals surface area contributed by atoms with Gasteiger partial charge in [0.25, 0.3) is 0 Å². The molecule has 2 amide bonds. The number of amides is 2. The number of nitrogens with zero attached hydrogens (tertiary/aromatic N) is 4. The summed E-state index contributed by atoms with van der Waals surface area (Å²) in [6, 6.07) is 11.6. The van der Waals surface area contributed by atoms with E-state index in [-0.39, 0.29) is 24.3 Å². The monoisotopic (exact) mass is 406 g/mol. The fourth-order valence-corrected chi connectivity index (χ4v) is 4.61. The van der Waals surface area contributed by atoms with Gasteiger partial charge in [0.2, 0.25) is 11.8 Å². The lowest BCUT2D eigenvalue weighted by Gasteiger charge is -2.23. The smallest absolute Gasteiger partial charge is 0.245 e. The quantitative estimate of drug-likeness (QED) is 0.545. The number of aromatic nitrogens is 4. The molecule has 146 valence electrons. The summed E-state index contributed by atoms with van der Waals surface area (Å²) >= 11 is 1.59. The zero-order chi connectivity index (χ0) is 20.0. The van der Waals surface area contributed by atoms with Crippen LogP contribution in [0.3, 0.4) is 0 Å². The minimum Gasteiger partial charge on any atom is -0.321 e. The van der Waals surface area contributed by atoms with Crippen LogP contribution in [-0.2, 0) is 23.2 Å². The average Bonchev–Trinajstić information content (AvgIpc) is 3.43. The summed E-state index contributed by atoms with van der Waals surface area (Å²) in [5.41, 5.74) is 2.59. The number of nitrogens with one attached hydrogen (secondary N) is 2. The molecule has 2 N–H and O–H groups in total. The van der Waals surface area contributed by atoms with Crippen LogP contribution in [0, 0.1) is 0 Å².